The summed E-state index contributed by atoms with van der Waals surface area (Å²) in [4.78, 5) is 15.4. The van der Waals surface area contributed by atoms with Gasteiger partial charge in [-0.2, -0.15) is 8.42 Å². The van der Waals surface area contributed by atoms with Crippen LogP contribution in [0.2, 0.25) is 0 Å². The third kappa shape index (κ3) is 3.89. The molecule has 0 aromatic carbocycles. The Morgan fingerprint density at radius 3 is 2.60 bits per heavy atom. The molecule has 0 N–H and O–H groups in total. The van der Waals surface area contributed by atoms with Crippen molar-refractivity contribution >= 4 is 16.1 Å². The lowest BCUT2D eigenvalue weighted by atomic mass is 10.2. The molecule has 6 nitrogen and oxygen atoms in total. The molecule has 0 radical (unpaired) electrons. The predicted molar refractivity (Wildman–Crippen MR) is 71.5 cm³/mol. The molecule has 0 aromatic heterocycles. The second-order valence-electron chi connectivity index (χ2n) is 5.43. The van der Waals surface area contributed by atoms with Crippen molar-refractivity contribution in [3.63, 3.8) is 0 Å². The second kappa shape index (κ2) is 6.36. The van der Waals surface area contributed by atoms with Gasteiger partial charge >= 0.3 is 10.2 Å². The van der Waals surface area contributed by atoms with Crippen molar-refractivity contribution < 1.29 is 21.8 Å². The third-order valence-corrected chi connectivity index (χ3v) is 5.18. The van der Waals surface area contributed by atoms with Gasteiger partial charge < -0.3 is 9.64 Å². The standard InChI is InChI=1S/C12H21FN2O4S/c1-10(14-4-6-19-7-5-14)2-3-15-9-11(8-12(15)16)20(13,17)18/h10-11H,2-9H2,1H3. The summed E-state index contributed by atoms with van der Waals surface area (Å²) in [7, 11) is -4.62. The Balaban J connectivity index is 1.80. The molecule has 20 heavy (non-hydrogen) atoms. The lowest BCUT2D eigenvalue weighted by Crippen LogP contribution is -2.43. The molecule has 2 unspecified atom stereocenters. The van der Waals surface area contributed by atoms with Gasteiger partial charge in [-0.3, -0.25) is 9.69 Å². The average Bonchev–Trinajstić information content (AvgIpc) is 2.78. The van der Waals surface area contributed by atoms with Gasteiger partial charge in [-0.15, -0.1) is 3.89 Å². The Kier molecular flexibility index (Phi) is 4.98. The highest BCUT2D eigenvalue weighted by Gasteiger charge is 2.38. The molecule has 0 aliphatic carbocycles. The van der Waals surface area contributed by atoms with E-state index in [0.29, 0.717) is 12.6 Å². The molecule has 2 saturated heterocycles. The largest absolute Gasteiger partial charge is 0.379 e. The van der Waals surface area contributed by atoms with E-state index in [4.69, 9.17) is 4.74 Å². The SMILES string of the molecule is CC(CCN1CC(S(=O)(=O)F)CC1=O)N1CCOCC1. The van der Waals surface area contributed by atoms with Crippen molar-refractivity contribution in [2.24, 2.45) is 0 Å². The zero-order valence-corrected chi connectivity index (χ0v) is 12.4. The van der Waals surface area contributed by atoms with Crippen LogP contribution in [0.25, 0.3) is 0 Å². The molecule has 2 fully saturated rings. The number of likely N-dealkylation sites (tertiary alicyclic amines) is 1. The van der Waals surface area contributed by atoms with Crippen LogP contribution in [-0.2, 0) is 19.8 Å². The molecule has 0 saturated carbocycles. The van der Waals surface area contributed by atoms with Crippen LogP contribution >= 0.6 is 0 Å². The quantitative estimate of drug-likeness (QED) is 0.669. The number of nitrogens with zero attached hydrogens (tertiary/aromatic N) is 2. The minimum atomic E-state index is -4.62. The number of hydrogen-bond acceptors (Lipinski definition) is 5. The van der Waals surface area contributed by atoms with Crippen molar-refractivity contribution in [2.45, 2.75) is 31.1 Å². The molecule has 2 aliphatic heterocycles. The number of carbonyl (C=O) groups is 1. The van der Waals surface area contributed by atoms with Gasteiger partial charge in [0.05, 0.1) is 13.2 Å². The first-order chi connectivity index (χ1) is 9.38. The molecule has 0 aromatic rings. The Labute approximate surface area is 119 Å². The maximum Gasteiger partial charge on any atom is 0.307 e. The van der Waals surface area contributed by atoms with E-state index in [9.17, 15) is 17.1 Å². The number of carbonyl (C=O) groups excluding carboxylic acids is 1. The van der Waals surface area contributed by atoms with Gasteiger partial charge in [-0.1, -0.05) is 0 Å². The van der Waals surface area contributed by atoms with Gasteiger partial charge in [0.2, 0.25) is 5.91 Å². The molecular formula is C12H21FN2O4S. The first kappa shape index (κ1) is 15.7. The summed E-state index contributed by atoms with van der Waals surface area (Å²) in [6, 6.07) is 0.299. The van der Waals surface area contributed by atoms with Crippen molar-refractivity contribution in [1.29, 1.82) is 0 Å². The maximum absolute atomic E-state index is 12.9. The van der Waals surface area contributed by atoms with E-state index in [1.165, 1.54) is 4.90 Å². The molecule has 2 heterocycles. The fraction of sp³-hybridized carbons (Fsp3) is 0.917. The molecule has 2 rings (SSSR count). The Morgan fingerprint density at radius 1 is 1.40 bits per heavy atom. The monoisotopic (exact) mass is 308 g/mol. The zero-order chi connectivity index (χ0) is 14.8. The Hall–Kier alpha value is -0.730. The van der Waals surface area contributed by atoms with Gasteiger partial charge in [0.25, 0.3) is 0 Å². The minimum Gasteiger partial charge on any atom is -0.379 e. The van der Waals surface area contributed by atoms with Crippen LogP contribution < -0.4 is 0 Å². The van der Waals surface area contributed by atoms with Crippen LogP contribution in [0.3, 0.4) is 0 Å². The molecule has 0 bridgehead atoms. The van der Waals surface area contributed by atoms with E-state index in [-0.39, 0.29) is 18.9 Å². The van der Waals surface area contributed by atoms with Crippen molar-refractivity contribution in [2.75, 3.05) is 39.4 Å². The molecule has 1 amide bonds. The minimum absolute atomic E-state index is 0.0203. The summed E-state index contributed by atoms with van der Waals surface area (Å²) >= 11 is 0. The maximum atomic E-state index is 12.9. The average molecular weight is 308 g/mol. The molecule has 2 aliphatic rings. The van der Waals surface area contributed by atoms with E-state index in [0.717, 1.165) is 32.7 Å². The van der Waals surface area contributed by atoms with Gasteiger partial charge in [0, 0.05) is 38.6 Å². The number of rotatable bonds is 5. The van der Waals surface area contributed by atoms with Crippen LogP contribution in [0, 0.1) is 0 Å². The molecule has 116 valence electrons. The Morgan fingerprint density at radius 2 is 2.05 bits per heavy atom. The van der Waals surface area contributed by atoms with Crippen molar-refractivity contribution in [3.8, 4) is 0 Å². The van der Waals surface area contributed by atoms with E-state index in [1.807, 2.05) is 0 Å². The third-order valence-electron chi connectivity index (χ3n) is 4.06. The summed E-state index contributed by atoms with van der Waals surface area (Å²) < 4.78 is 39.9. The summed E-state index contributed by atoms with van der Waals surface area (Å²) in [5, 5.41) is -1.19. The number of morpholine rings is 1. The number of hydrogen-bond donors (Lipinski definition) is 0. The first-order valence-electron chi connectivity index (χ1n) is 6.91. The van der Waals surface area contributed by atoms with Gasteiger partial charge in [-0.25, -0.2) is 0 Å². The van der Waals surface area contributed by atoms with E-state index in [1.54, 1.807) is 0 Å². The smallest absolute Gasteiger partial charge is 0.307 e. The van der Waals surface area contributed by atoms with Crippen LogP contribution in [0.5, 0.6) is 0 Å². The number of ether oxygens (including phenoxy) is 1. The van der Waals surface area contributed by atoms with Crippen molar-refractivity contribution in [3.05, 3.63) is 0 Å². The summed E-state index contributed by atoms with van der Waals surface area (Å²) in [6.45, 7) is 5.71. The Bertz CT molecular complexity index is 450. The van der Waals surface area contributed by atoms with Crippen LogP contribution in [0.1, 0.15) is 19.8 Å². The van der Waals surface area contributed by atoms with Gasteiger partial charge in [0.1, 0.15) is 5.25 Å². The fourth-order valence-electron chi connectivity index (χ4n) is 2.68. The van der Waals surface area contributed by atoms with Crippen molar-refractivity contribution in [1.82, 2.24) is 9.80 Å². The summed E-state index contributed by atoms with van der Waals surface area (Å²) in [5.74, 6) is -0.273. The molecule has 0 spiro atoms. The van der Waals surface area contributed by atoms with Gasteiger partial charge in [0.15, 0.2) is 0 Å². The van der Waals surface area contributed by atoms with Crippen LogP contribution in [0.15, 0.2) is 0 Å². The highest BCUT2D eigenvalue weighted by Crippen LogP contribution is 2.20. The zero-order valence-electron chi connectivity index (χ0n) is 11.6. The topological polar surface area (TPSA) is 66.9 Å². The number of amides is 1. The molecule has 2 atom stereocenters. The van der Waals surface area contributed by atoms with Crippen LogP contribution in [0.4, 0.5) is 3.89 Å². The summed E-state index contributed by atoms with van der Waals surface area (Å²) in [5.41, 5.74) is 0. The van der Waals surface area contributed by atoms with E-state index < -0.39 is 15.5 Å². The molecular weight excluding hydrogens is 287 g/mol. The highest BCUT2D eigenvalue weighted by atomic mass is 32.3. The second-order valence-corrected chi connectivity index (χ2v) is 7.05. The lowest BCUT2D eigenvalue weighted by molar-refractivity contribution is -0.127. The van der Waals surface area contributed by atoms with E-state index in [2.05, 4.69) is 11.8 Å². The normalized spacial score (nSPS) is 27.0. The van der Waals surface area contributed by atoms with Gasteiger partial charge in [-0.05, 0) is 13.3 Å². The lowest BCUT2D eigenvalue weighted by Gasteiger charge is -2.33. The summed E-state index contributed by atoms with van der Waals surface area (Å²) in [6.07, 6.45) is 0.523. The van der Waals surface area contributed by atoms with Crippen LogP contribution in [-0.4, -0.2) is 74.8 Å². The number of halogens is 1. The van der Waals surface area contributed by atoms with E-state index >= 15 is 0 Å². The fourth-order valence-corrected chi connectivity index (χ4v) is 3.38. The predicted octanol–water partition coefficient (Wildman–Crippen LogP) is -0.00260. The first-order valence-corrected chi connectivity index (χ1v) is 8.35. The highest BCUT2D eigenvalue weighted by molar-refractivity contribution is 7.87. The molecule has 8 heteroatoms.